The maximum absolute atomic E-state index is 12.4. The summed E-state index contributed by atoms with van der Waals surface area (Å²) < 4.78 is 24.8. The molecule has 0 bridgehead atoms. The van der Waals surface area contributed by atoms with Gasteiger partial charge >= 0.3 is 0 Å². The maximum atomic E-state index is 12.4. The van der Waals surface area contributed by atoms with Gasteiger partial charge < -0.3 is 5.11 Å². The van der Waals surface area contributed by atoms with Crippen LogP contribution in [0.1, 0.15) is 32.8 Å². The molecule has 5 heteroatoms. The number of benzene rings is 1. The highest BCUT2D eigenvalue weighted by Gasteiger charge is 2.30. The molecule has 21 heavy (non-hydrogen) atoms. The summed E-state index contributed by atoms with van der Waals surface area (Å²) in [6.07, 6.45) is -0.699. The lowest BCUT2D eigenvalue weighted by Crippen LogP contribution is -2.33. The minimum atomic E-state index is -3.58. The molecule has 1 aromatic rings. The third-order valence-corrected chi connectivity index (χ3v) is 5.17. The first-order chi connectivity index (χ1) is 9.63. The van der Waals surface area contributed by atoms with Crippen molar-refractivity contribution in [1.82, 2.24) is 0 Å². The molecule has 0 saturated heterocycles. The second-order valence-electron chi connectivity index (χ2n) is 6.01. The molecule has 0 amide bonds. The van der Waals surface area contributed by atoms with Crippen LogP contribution >= 0.6 is 0 Å². The van der Waals surface area contributed by atoms with Crippen molar-refractivity contribution in [1.29, 1.82) is 0 Å². The fourth-order valence-corrected chi connectivity index (χ4v) is 3.81. The molecule has 118 valence electrons. The third kappa shape index (κ3) is 5.25. The first-order valence-corrected chi connectivity index (χ1v) is 8.79. The summed E-state index contributed by atoms with van der Waals surface area (Å²) in [5, 5.41) is 9.76. The van der Waals surface area contributed by atoms with Gasteiger partial charge in [0.1, 0.15) is 5.78 Å². The highest BCUT2D eigenvalue weighted by molar-refractivity contribution is 7.91. The number of carbonyl (C=O) groups excluding carboxylic acids is 1. The van der Waals surface area contributed by atoms with Crippen molar-refractivity contribution < 1.29 is 18.3 Å². The number of sulfone groups is 1. The summed E-state index contributed by atoms with van der Waals surface area (Å²) >= 11 is 0. The van der Waals surface area contributed by atoms with Crippen molar-refractivity contribution in [2.24, 2.45) is 11.8 Å². The average molecular weight is 312 g/mol. The normalized spacial score (nSPS) is 15.0. The summed E-state index contributed by atoms with van der Waals surface area (Å²) in [5.74, 6) is -1.28. The summed E-state index contributed by atoms with van der Waals surface area (Å²) in [4.78, 5) is 12.3. The summed E-state index contributed by atoms with van der Waals surface area (Å²) in [6, 6.07) is 6.52. The molecule has 0 aliphatic rings. The Kier molecular flexibility index (Phi) is 6.10. The van der Waals surface area contributed by atoms with E-state index in [1.54, 1.807) is 12.1 Å². The van der Waals surface area contributed by atoms with Crippen LogP contribution in [0.5, 0.6) is 0 Å². The van der Waals surface area contributed by atoms with Gasteiger partial charge in [-0.1, -0.05) is 31.5 Å². The molecule has 0 aliphatic carbocycles. The van der Waals surface area contributed by atoms with Gasteiger partial charge in [-0.15, -0.1) is 0 Å². The number of Topliss-reactive ketones (excluding diaryl/α,β-unsaturated/α-hetero) is 1. The van der Waals surface area contributed by atoms with E-state index in [9.17, 15) is 18.3 Å². The molecule has 0 spiro atoms. The van der Waals surface area contributed by atoms with Gasteiger partial charge in [0.2, 0.25) is 0 Å². The lowest BCUT2D eigenvalue weighted by atomic mass is 9.94. The van der Waals surface area contributed by atoms with E-state index in [0.29, 0.717) is 0 Å². The average Bonchev–Trinajstić information content (AvgIpc) is 2.35. The highest BCUT2D eigenvalue weighted by Crippen LogP contribution is 2.20. The summed E-state index contributed by atoms with van der Waals surface area (Å²) in [6.45, 7) is 7.13. The predicted octanol–water partition coefficient (Wildman–Crippen LogP) is 2.38. The number of aliphatic hydroxyl groups excluding tert-OH is 1. The fraction of sp³-hybridized carbons (Fsp3) is 0.562. The van der Waals surface area contributed by atoms with Gasteiger partial charge in [-0.2, -0.15) is 0 Å². The SMILES string of the molecule is Cc1ccc(S(=O)(=O)C[C@@H](C(=O)CC(C)C)[C@H](C)O)cc1. The Morgan fingerprint density at radius 1 is 1.14 bits per heavy atom. The zero-order chi connectivity index (χ0) is 16.2. The van der Waals surface area contributed by atoms with Crippen LogP contribution in [0.3, 0.4) is 0 Å². The van der Waals surface area contributed by atoms with Gasteiger partial charge in [0.05, 0.1) is 22.7 Å². The van der Waals surface area contributed by atoms with Gasteiger partial charge in [0.25, 0.3) is 0 Å². The molecule has 1 aromatic carbocycles. The monoisotopic (exact) mass is 312 g/mol. The van der Waals surface area contributed by atoms with Crippen LogP contribution in [0.2, 0.25) is 0 Å². The van der Waals surface area contributed by atoms with E-state index in [0.717, 1.165) is 5.56 Å². The number of hydrogen-bond donors (Lipinski definition) is 1. The molecule has 0 radical (unpaired) electrons. The zero-order valence-corrected chi connectivity index (χ0v) is 13.9. The lowest BCUT2D eigenvalue weighted by molar-refractivity contribution is -0.125. The van der Waals surface area contributed by atoms with Crippen LogP contribution in [0, 0.1) is 18.8 Å². The Hall–Kier alpha value is -1.20. The highest BCUT2D eigenvalue weighted by atomic mass is 32.2. The fourth-order valence-electron chi connectivity index (χ4n) is 2.13. The van der Waals surface area contributed by atoms with Crippen molar-refractivity contribution >= 4 is 15.6 Å². The molecular formula is C16H24O4S. The Bertz CT molecular complexity index is 571. The van der Waals surface area contributed by atoms with Crippen LogP contribution < -0.4 is 0 Å². The van der Waals surface area contributed by atoms with Crippen LogP contribution in [0.25, 0.3) is 0 Å². The van der Waals surface area contributed by atoms with E-state index in [1.165, 1.54) is 19.1 Å². The molecule has 0 aliphatic heterocycles. The van der Waals surface area contributed by atoms with Gasteiger partial charge in [-0.05, 0) is 31.9 Å². The topological polar surface area (TPSA) is 71.4 Å². The van der Waals surface area contributed by atoms with Crippen molar-refractivity contribution in [2.75, 3.05) is 5.75 Å². The number of hydrogen-bond acceptors (Lipinski definition) is 4. The van der Waals surface area contributed by atoms with Crippen molar-refractivity contribution in [2.45, 2.75) is 45.1 Å². The van der Waals surface area contributed by atoms with E-state index in [-0.39, 0.29) is 28.8 Å². The molecule has 4 nitrogen and oxygen atoms in total. The van der Waals surface area contributed by atoms with Crippen molar-refractivity contribution in [3.63, 3.8) is 0 Å². The zero-order valence-electron chi connectivity index (χ0n) is 13.0. The standard InChI is InChI=1S/C16H24O4S/c1-11(2)9-16(18)15(13(4)17)10-21(19,20)14-7-5-12(3)6-8-14/h5-8,11,13,15,17H,9-10H2,1-4H3/t13-,15+/m0/s1. The number of aryl methyl sites for hydroxylation is 1. The van der Waals surface area contributed by atoms with Crippen LogP contribution in [-0.2, 0) is 14.6 Å². The van der Waals surface area contributed by atoms with Crippen LogP contribution in [-0.4, -0.2) is 31.2 Å². The maximum Gasteiger partial charge on any atom is 0.179 e. The Labute approximate surface area is 127 Å². The van der Waals surface area contributed by atoms with Gasteiger partial charge in [0.15, 0.2) is 9.84 Å². The first kappa shape index (κ1) is 17.9. The van der Waals surface area contributed by atoms with Gasteiger partial charge in [-0.3, -0.25) is 4.79 Å². The smallest absolute Gasteiger partial charge is 0.179 e. The minimum Gasteiger partial charge on any atom is -0.393 e. The van der Waals surface area contributed by atoms with Gasteiger partial charge in [-0.25, -0.2) is 8.42 Å². The molecule has 0 fully saturated rings. The van der Waals surface area contributed by atoms with Crippen molar-refractivity contribution in [3.05, 3.63) is 29.8 Å². The lowest BCUT2D eigenvalue weighted by Gasteiger charge is -2.19. The predicted molar refractivity (Wildman–Crippen MR) is 82.9 cm³/mol. The number of aliphatic hydroxyl groups is 1. The first-order valence-electron chi connectivity index (χ1n) is 7.13. The molecular weight excluding hydrogens is 288 g/mol. The minimum absolute atomic E-state index is 0.140. The Morgan fingerprint density at radius 3 is 2.10 bits per heavy atom. The second-order valence-corrected chi connectivity index (χ2v) is 8.04. The molecule has 0 unspecified atom stereocenters. The molecule has 0 saturated carbocycles. The van der Waals surface area contributed by atoms with E-state index in [1.807, 2.05) is 20.8 Å². The summed E-state index contributed by atoms with van der Waals surface area (Å²) in [7, 11) is -3.58. The molecule has 1 rings (SSSR count). The van der Waals surface area contributed by atoms with E-state index in [2.05, 4.69) is 0 Å². The Balaban J connectivity index is 2.97. The third-order valence-electron chi connectivity index (χ3n) is 3.38. The number of carbonyl (C=O) groups is 1. The number of ketones is 1. The molecule has 0 heterocycles. The van der Waals surface area contributed by atoms with E-state index < -0.39 is 21.9 Å². The quantitative estimate of drug-likeness (QED) is 0.839. The van der Waals surface area contributed by atoms with Crippen molar-refractivity contribution in [3.8, 4) is 0 Å². The molecule has 2 atom stereocenters. The van der Waals surface area contributed by atoms with Gasteiger partial charge in [0, 0.05) is 6.42 Å². The van der Waals surface area contributed by atoms with E-state index >= 15 is 0 Å². The van der Waals surface area contributed by atoms with E-state index in [4.69, 9.17) is 0 Å². The number of rotatable bonds is 7. The van der Waals surface area contributed by atoms with Crippen LogP contribution in [0.15, 0.2) is 29.2 Å². The summed E-state index contributed by atoms with van der Waals surface area (Å²) in [5.41, 5.74) is 0.969. The largest absolute Gasteiger partial charge is 0.393 e. The molecule has 1 N–H and O–H groups in total. The molecule has 0 aromatic heterocycles. The van der Waals surface area contributed by atoms with Crippen LogP contribution in [0.4, 0.5) is 0 Å². The second kappa shape index (κ2) is 7.18. The Morgan fingerprint density at radius 2 is 1.67 bits per heavy atom.